The van der Waals surface area contributed by atoms with Crippen molar-refractivity contribution in [3.63, 3.8) is 0 Å². The van der Waals surface area contributed by atoms with E-state index in [0.29, 0.717) is 16.5 Å². The second kappa shape index (κ2) is 7.49. The van der Waals surface area contributed by atoms with Crippen LogP contribution in [-0.4, -0.2) is 20.8 Å². The zero-order chi connectivity index (χ0) is 15.4. The Hall–Kier alpha value is -0.750. The Labute approximate surface area is 142 Å². The molecule has 21 heavy (non-hydrogen) atoms. The fourth-order valence-corrected chi connectivity index (χ4v) is 4.18. The Morgan fingerprint density at radius 2 is 2.10 bits per heavy atom. The molecule has 1 N–H and O–H groups in total. The molecule has 1 unspecified atom stereocenters. The molecular formula is C15H17BrClNO2S. The van der Waals surface area contributed by atoms with Gasteiger partial charge in [0.05, 0.1) is 25.3 Å². The lowest BCUT2D eigenvalue weighted by atomic mass is 10.0. The Bertz CT molecular complexity index is 618. The number of rotatable bonds is 6. The minimum atomic E-state index is 0.0571. The number of hydrogen-bond donors (Lipinski definition) is 1. The van der Waals surface area contributed by atoms with E-state index in [1.54, 1.807) is 25.6 Å². The molecule has 6 heteroatoms. The summed E-state index contributed by atoms with van der Waals surface area (Å²) >= 11 is 11.6. The maximum absolute atomic E-state index is 6.32. The van der Waals surface area contributed by atoms with Crippen molar-refractivity contribution in [1.82, 2.24) is 5.32 Å². The second-order valence-electron chi connectivity index (χ2n) is 4.36. The van der Waals surface area contributed by atoms with Crippen molar-refractivity contribution in [2.75, 3.05) is 20.8 Å². The van der Waals surface area contributed by atoms with E-state index < -0.39 is 0 Å². The number of halogens is 2. The number of thiophene rings is 1. The van der Waals surface area contributed by atoms with Crippen LogP contribution in [0.3, 0.4) is 0 Å². The van der Waals surface area contributed by atoms with Gasteiger partial charge in [-0.3, -0.25) is 0 Å². The normalized spacial score (nSPS) is 12.2. The van der Waals surface area contributed by atoms with E-state index >= 15 is 0 Å². The predicted octanol–water partition coefficient (Wildman–Crippen LogP) is 4.88. The second-order valence-corrected chi connectivity index (χ2v) is 6.57. The Morgan fingerprint density at radius 3 is 2.62 bits per heavy atom. The van der Waals surface area contributed by atoms with Crippen LogP contribution in [0.25, 0.3) is 0 Å². The summed E-state index contributed by atoms with van der Waals surface area (Å²) in [5.41, 5.74) is 1.04. The molecule has 1 heterocycles. The third kappa shape index (κ3) is 3.54. The SMILES string of the molecule is CCNC(c1cc(Cl)c(OC)c(OC)c1)c1sccc1Br. The van der Waals surface area contributed by atoms with E-state index in [1.807, 2.05) is 18.2 Å². The molecule has 0 aliphatic rings. The van der Waals surface area contributed by atoms with Crippen molar-refractivity contribution < 1.29 is 9.47 Å². The third-order valence-electron chi connectivity index (χ3n) is 3.10. The van der Waals surface area contributed by atoms with Crippen LogP contribution in [-0.2, 0) is 0 Å². The summed E-state index contributed by atoms with van der Waals surface area (Å²) in [5.74, 6) is 1.19. The molecule has 114 valence electrons. The van der Waals surface area contributed by atoms with Crippen LogP contribution >= 0.6 is 38.9 Å². The molecule has 0 fully saturated rings. The maximum Gasteiger partial charge on any atom is 0.179 e. The van der Waals surface area contributed by atoms with Gasteiger partial charge < -0.3 is 14.8 Å². The molecule has 2 aromatic rings. The van der Waals surface area contributed by atoms with Crippen molar-refractivity contribution in [2.24, 2.45) is 0 Å². The van der Waals surface area contributed by atoms with Gasteiger partial charge in [0.25, 0.3) is 0 Å². The van der Waals surface area contributed by atoms with Crippen LogP contribution in [0.2, 0.25) is 5.02 Å². The average Bonchev–Trinajstić information content (AvgIpc) is 2.89. The molecule has 0 radical (unpaired) electrons. The van der Waals surface area contributed by atoms with E-state index in [4.69, 9.17) is 21.1 Å². The lowest BCUT2D eigenvalue weighted by molar-refractivity contribution is 0.354. The molecule has 2 rings (SSSR count). The molecule has 0 spiro atoms. The highest BCUT2D eigenvalue weighted by atomic mass is 79.9. The third-order valence-corrected chi connectivity index (χ3v) is 5.32. The van der Waals surface area contributed by atoms with Gasteiger partial charge >= 0.3 is 0 Å². The first-order valence-electron chi connectivity index (χ1n) is 6.50. The largest absolute Gasteiger partial charge is 0.493 e. The van der Waals surface area contributed by atoms with Gasteiger partial charge in [-0.1, -0.05) is 18.5 Å². The molecule has 1 aromatic carbocycles. The summed E-state index contributed by atoms with van der Waals surface area (Å²) in [6.45, 7) is 2.93. The Balaban J connectivity index is 2.51. The quantitative estimate of drug-likeness (QED) is 0.762. The van der Waals surface area contributed by atoms with Gasteiger partial charge in [0.15, 0.2) is 11.5 Å². The van der Waals surface area contributed by atoms with Crippen molar-refractivity contribution in [3.8, 4) is 11.5 Å². The minimum absolute atomic E-state index is 0.0571. The lowest BCUT2D eigenvalue weighted by Gasteiger charge is -2.20. The van der Waals surface area contributed by atoms with Crippen LogP contribution < -0.4 is 14.8 Å². The summed E-state index contributed by atoms with van der Waals surface area (Å²) in [6.07, 6.45) is 0. The summed E-state index contributed by atoms with van der Waals surface area (Å²) < 4.78 is 11.8. The van der Waals surface area contributed by atoms with Gasteiger partial charge in [-0.05, 0) is 51.6 Å². The first kappa shape index (κ1) is 16.6. The lowest BCUT2D eigenvalue weighted by Crippen LogP contribution is -2.21. The molecule has 0 saturated carbocycles. The van der Waals surface area contributed by atoms with E-state index in [0.717, 1.165) is 16.6 Å². The van der Waals surface area contributed by atoms with E-state index in [9.17, 15) is 0 Å². The van der Waals surface area contributed by atoms with Crippen LogP contribution in [0.15, 0.2) is 28.1 Å². The topological polar surface area (TPSA) is 30.5 Å². The van der Waals surface area contributed by atoms with Gasteiger partial charge in [0.1, 0.15) is 0 Å². The molecule has 0 aliphatic carbocycles. The maximum atomic E-state index is 6.32. The molecule has 0 amide bonds. The van der Waals surface area contributed by atoms with Crippen LogP contribution in [0.5, 0.6) is 11.5 Å². The van der Waals surface area contributed by atoms with Gasteiger partial charge in [-0.15, -0.1) is 11.3 Å². The summed E-state index contributed by atoms with van der Waals surface area (Å²) in [6, 6.07) is 5.99. The first-order valence-corrected chi connectivity index (χ1v) is 8.55. The predicted molar refractivity (Wildman–Crippen MR) is 92.1 cm³/mol. The fraction of sp³-hybridized carbons (Fsp3) is 0.333. The molecule has 0 aliphatic heterocycles. The van der Waals surface area contributed by atoms with Crippen molar-refractivity contribution in [1.29, 1.82) is 0 Å². The van der Waals surface area contributed by atoms with Crippen LogP contribution in [0, 0.1) is 0 Å². The summed E-state index contributed by atoms with van der Waals surface area (Å²) in [5, 5.41) is 6.09. The van der Waals surface area contributed by atoms with Gasteiger partial charge in [0.2, 0.25) is 0 Å². The van der Waals surface area contributed by atoms with E-state index in [-0.39, 0.29) is 6.04 Å². The smallest absolute Gasteiger partial charge is 0.179 e. The highest BCUT2D eigenvalue weighted by Gasteiger charge is 2.21. The standard InChI is InChI=1S/C15H17BrClNO2S/c1-4-18-13(15-10(16)5-6-21-15)9-7-11(17)14(20-3)12(8-9)19-2/h5-8,13,18H,4H2,1-3H3. The monoisotopic (exact) mass is 389 g/mol. The highest BCUT2D eigenvalue weighted by molar-refractivity contribution is 9.10. The molecule has 0 bridgehead atoms. The van der Waals surface area contributed by atoms with Crippen molar-refractivity contribution in [2.45, 2.75) is 13.0 Å². The number of hydrogen-bond acceptors (Lipinski definition) is 4. The van der Waals surface area contributed by atoms with Crippen LogP contribution in [0.1, 0.15) is 23.4 Å². The van der Waals surface area contributed by atoms with Gasteiger partial charge in [-0.2, -0.15) is 0 Å². The van der Waals surface area contributed by atoms with Gasteiger partial charge in [0, 0.05) is 9.35 Å². The highest BCUT2D eigenvalue weighted by Crippen LogP contribution is 2.40. The fourth-order valence-electron chi connectivity index (χ4n) is 2.18. The Kier molecular flexibility index (Phi) is 5.93. The van der Waals surface area contributed by atoms with Crippen LogP contribution in [0.4, 0.5) is 0 Å². The molecule has 3 nitrogen and oxygen atoms in total. The summed E-state index contributed by atoms with van der Waals surface area (Å²) in [7, 11) is 3.20. The number of nitrogens with one attached hydrogen (secondary N) is 1. The zero-order valence-corrected chi connectivity index (χ0v) is 15.2. The molecule has 0 saturated heterocycles. The number of methoxy groups -OCH3 is 2. The molecule has 1 aromatic heterocycles. The molecule has 1 atom stereocenters. The average molecular weight is 391 g/mol. The molecular weight excluding hydrogens is 374 g/mol. The number of benzene rings is 1. The van der Waals surface area contributed by atoms with Crippen molar-refractivity contribution >= 4 is 38.9 Å². The zero-order valence-electron chi connectivity index (χ0n) is 12.1. The minimum Gasteiger partial charge on any atom is -0.493 e. The van der Waals surface area contributed by atoms with E-state index in [1.165, 1.54) is 4.88 Å². The van der Waals surface area contributed by atoms with Gasteiger partial charge in [-0.25, -0.2) is 0 Å². The van der Waals surface area contributed by atoms with E-state index in [2.05, 4.69) is 33.6 Å². The summed E-state index contributed by atoms with van der Waals surface area (Å²) in [4.78, 5) is 1.21. The Morgan fingerprint density at radius 1 is 1.33 bits per heavy atom. The first-order chi connectivity index (χ1) is 10.1. The number of ether oxygens (including phenoxy) is 2. The van der Waals surface area contributed by atoms with Crippen molar-refractivity contribution in [3.05, 3.63) is 43.5 Å².